The fourth-order valence-corrected chi connectivity index (χ4v) is 5.35. The van der Waals surface area contributed by atoms with Crippen LogP contribution in [-0.4, -0.2) is 53.6 Å². The van der Waals surface area contributed by atoms with Crippen LogP contribution in [0.3, 0.4) is 0 Å². The van der Waals surface area contributed by atoms with Gasteiger partial charge in [0.25, 0.3) is 0 Å². The van der Waals surface area contributed by atoms with Gasteiger partial charge in [0.15, 0.2) is 0 Å². The predicted octanol–water partition coefficient (Wildman–Crippen LogP) is 4.70. The van der Waals surface area contributed by atoms with E-state index in [1.54, 1.807) is 11.3 Å². The third-order valence-electron chi connectivity index (χ3n) is 6.08. The molecular formula is C27H32N2O3S. The Morgan fingerprint density at radius 2 is 1.88 bits per heavy atom. The number of amides is 1. The quantitative estimate of drug-likeness (QED) is 0.473. The molecule has 2 heterocycles. The number of rotatable bonds is 10. The molecule has 1 aliphatic heterocycles. The summed E-state index contributed by atoms with van der Waals surface area (Å²) in [5.41, 5.74) is 2.07. The van der Waals surface area contributed by atoms with Crippen molar-refractivity contribution >= 4 is 17.2 Å². The predicted molar refractivity (Wildman–Crippen MR) is 133 cm³/mol. The van der Waals surface area contributed by atoms with Crippen molar-refractivity contribution in [1.82, 2.24) is 9.80 Å². The minimum atomic E-state index is -0.618. The van der Waals surface area contributed by atoms with Crippen molar-refractivity contribution in [1.29, 1.82) is 0 Å². The zero-order valence-corrected chi connectivity index (χ0v) is 19.9. The highest BCUT2D eigenvalue weighted by Crippen LogP contribution is 2.34. The summed E-state index contributed by atoms with van der Waals surface area (Å²) >= 11 is 1.76. The maximum absolute atomic E-state index is 13.5. The van der Waals surface area contributed by atoms with Gasteiger partial charge in [-0.15, -0.1) is 11.3 Å². The largest absolute Gasteiger partial charge is 0.491 e. The molecule has 1 aromatic heterocycles. The molecule has 0 fully saturated rings. The maximum Gasteiger partial charge on any atom is 0.237 e. The first-order valence-corrected chi connectivity index (χ1v) is 12.5. The zero-order chi connectivity index (χ0) is 23.0. The van der Waals surface area contributed by atoms with Crippen LogP contribution in [0.25, 0.3) is 0 Å². The highest BCUT2D eigenvalue weighted by atomic mass is 32.1. The second-order valence-electron chi connectivity index (χ2n) is 8.44. The number of carbonyl (C=O) groups is 1. The summed E-state index contributed by atoms with van der Waals surface area (Å²) in [7, 11) is 0. The standard InChI is InChI=1S/C27H32N2O3S/c1-2-15-28(18-25(30)21-9-5-3-6-10-21)19-27(31)29-16-13-26-23(14-17-33-26)24(29)20-32-22-11-7-4-8-12-22/h3-12,14,17,24-25,30H,2,13,15-16,18-20H2,1H3. The van der Waals surface area contributed by atoms with E-state index in [0.29, 0.717) is 26.2 Å². The molecule has 1 aliphatic rings. The Hall–Kier alpha value is -2.67. The van der Waals surface area contributed by atoms with Crippen LogP contribution in [0.5, 0.6) is 5.75 Å². The van der Waals surface area contributed by atoms with Gasteiger partial charge < -0.3 is 14.7 Å². The number of hydrogen-bond acceptors (Lipinski definition) is 5. The summed E-state index contributed by atoms with van der Waals surface area (Å²) < 4.78 is 6.08. The third kappa shape index (κ3) is 6.02. The Morgan fingerprint density at radius 1 is 1.15 bits per heavy atom. The molecule has 2 atom stereocenters. The Bertz CT molecular complexity index is 1010. The monoisotopic (exact) mass is 464 g/mol. The molecular weight excluding hydrogens is 432 g/mol. The minimum Gasteiger partial charge on any atom is -0.491 e. The molecule has 3 aromatic rings. The highest BCUT2D eigenvalue weighted by molar-refractivity contribution is 7.10. The van der Waals surface area contributed by atoms with Gasteiger partial charge in [-0.1, -0.05) is 55.5 Å². The Balaban J connectivity index is 1.45. The highest BCUT2D eigenvalue weighted by Gasteiger charge is 2.33. The van der Waals surface area contributed by atoms with Crippen molar-refractivity contribution in [3.05, 3.63) is 88.1 Å². The Kier molecular flexibility index (Phi) is 8.15. The molecule has 0 saturated heterocycles. The number of aliphatic hydroxyl groups excluding tert-OH is 1. The van der Waals surface area contributed by atoms with Gasteiger partial charge in [0, 0.05) is 18.0 Å². The lowest BCUT2D eigenvalue weighted by molar-refractivity contribution is -0.136. The molecule has 5 nitrogen and oxygen atoms in total. The zero-order valence-electron chi connectivity index (χ0n) is 19.1. The van der Waals surface area contributed by atoms with Crippen molar-refractivity contribution in [3.8, 4) is 5.75 Å². The molecule has 0 spiro atoms. The van der Waals surface area contributed by atoms with Crippen LogP contribution in [-0.2, 0) is 11.2 Å². The molecule has 0 aliphatic carbocycles. The second-order valence-corrected chi connectivity index (χ2v) is 9.44. The van der Waals surface area contributed by atoms with E-state index in [1.807, 2.05) is 65.6 Å². The van der Waals surface area contributed by atoms with Crippen molar-refractivity contribution in [2.24, 2.45) is 0 Å². The Labute approximate surface area is 200 Å². The Morgan fingerprint density at radius 3 is 2.61 bits per heavy atom. The number of thiophene rings is 1. The van der Waals surface area contributed by atoms with Crippen LogP contribution in [0.15, 0.2) is 72.1 Å². The summed E-state index contributed by atoms with van der Waals surface area (Å²) in [4.78, 5) is 18.9. The van der Waals surface area contributed by atoms with E-state index in [9.17, 15) is 9.90 Å². The average molecular weight is 465 g/mol. The fraction of sp³-hybridized carbons (Fsp3) is 0.370. The number of ether oxygens (including phenoxy) is 1. The van der Waals surface area contributed by atoms with Gasteiger partial charge in [-0.05, 0) is 54.1 Å². The first-order valence-electron chi connectivity index (χ1n) is 11.6. The molecule has 0 bridgehead atoms. The van der Waals surface area contributed by atoms with Crippen LogP contribution in [0.1, 0.15) is 41.5 Å². The lowest BCUT2D eigenvalue weighted by atomic mass is 10.0. The van der Waals surface area contributed by atoms with Crippen LogP contribution in [0, 0.1) is 0 Å². The van der Waals surface area contributed by atoms with Crippen molar-refractivity contribution < 1.29 is 14.6 Å². The first kappa shape index (κ1) is 23.5. The van der Waals surface area contributed by atoms with E-state index in [4.69, 9.17) is 4.74 Å². The number of para-hydroxylation sites is 1. The van der Waals surface area contributed by atoms with Gasteiger partial charge in [-0.2, -0.15) is 0 Å². The van der Waals surface area contributed by atoms with E-state index in [1.165, 1.54) is 10.4 Å². The lowest BCUT2D eigenvalue weighted by Crippen LogP contribution is -2.47. The molecule has 6 heteroatoms. The first-order chi connectivity index (χ1) is 16.2. The fourth-order valence-electron chi connectivity index (χ4n) is 4.42. The van der Waals surface area contributed by atoms with E-state index in [2.05, 4.69) is 23.3 Å². The van der Waals surface area contributed by atoms with Gasteiger partial charge in [0.05, 0.1) is 18.7 Å². The average Bonchev–Trinajstić information content (AvgIpc) is 3.33. The van der Waals surface area contributed by atoms with Crippen LogP contribution in [0.4, 0.5) is 0 Å². The summed E-state index contributed by atoms with van der Waals surface area (Å²) in [5.74, 6) is 0.896. The van der Waals surface area contributed by atoms with E-state index < -0.39 is 6.10 Å². The minimum absolute atomic E-state index is 0.0854. The van der Waals surface area contributed by atoms with E-state index in [0.717, 1.165) is 30.7 Å². The molecule has 1 N–H and O–H groups in total. The van der Waals surface area contributed by atoms with Crippen molar-refractivity contribution in [2.75, 3.05) is 32.8 Å². The molecule has 0 radical (unpaired) electrons. The normalized spacial score (nSPS) is 16.5. The molecule has 1 amide bonds. The number of aliphatic hydroxyl groups is 1. The van der Waals surface area contributed by atoms with Crippen LogP contribution in [0.2, 0.25) is 0 Å². The topological polar surface area (TPSA) is 53.0 Å². The summed E-state index contributed by atoms with van der Waals surface area (Å²) in [6, 6.07) is 21.4. The molecule has 2 aromatic carbocycles. The van der Waals surface area contributed by atoms with Gasteiger partial charge in [0.2, 0.25) is 5.91 Å². The van der Waals surface area contributed by atoms with Gasteiger partial charge in [-0.3, -0.25) is 9.69 Å². The van der Waals surface area contributed by atoms with E-state index in [-0.39, 0.29) is 11.9 Å². The van der Waals surface area contributed by atoms with Crippen LogP contribution < -0.4 is 4.74 Å². The number of hydrogen-bond donors (Lipinski definition) is 1. The smallest absolute Gasteiger partial charge is 0.237 e. The number of nitrogens with zero attached hydrogens (tertiary/aromatic N) is 2. The molecule has 33 heavy (non-hydrogen) atoms. The second kappa shape index (κ2) is 11.5. The van der Waals surface area contributed by atoms with Gasteiger partial charge in [0.1, 0.15) is 12.4 Å². The summed E-state index contributed by atoms with van der Waals surface area (Å²) in [6.45, 7) is 4.71. The molecule has 0 saturated carbocycles. The maximum atomic E-state index is 13.5. The van der Waals surface area contributed by atoms with Crippen LogP contribution >= 0.6 is 11.3 Å². The third-order valence-corrected chi connectivity index (χ3v) is 7.08. The summed E-state index contributed by atoms with van der Waals surface area (Å²) in [5, 5.41) is 12.8. The molecule has 4 rings (SSSR count). The van der Waals surface area contributed by atoms with Crippen molar-refractivity contribution in [3.63, 3.8) is 0 Å². The molecule has 174 valence electrons. The van der Waals surface area contributed by atoms with E-state index >= 15 is 0 Å². The SMILES string of the molecule is CCCN(CC(=O)N1CCc2sccc2C1COc1ccccc1)CC(O)c1ccccc1. The lowest BCUT2D eigenvalue weighted by Gasteiger charge is -2.37. The number of fused-ring (bicyclic) bond motifs is 1. The summed E-state index contributed by atoms with van der Waals surface area (Å²) in [6.07, 6.45) is 1.18. The van der Waals surface area contributed by atoms with Crippen molar-refractivity contribution in [2.45, 2.75) is 31.9 Å². The molecule has 2 unspecified atom stereocenters. The number of carbonyl (C=O) groups excluding carboxylic acids is 1. The van der Waals surface area contributed by atoms with Gasteiger partial charge in [-0.25, -0.2) is 0 Å². The van der Waals surface area contributed by atoms with Gasteiger partial charge >= 0.3 is 0 Å². The number of benzene rings is 2.